The van der Waals surface area contributed by atoms with Crippen molar-refractivity contribution in [2.24, 2.45) is 0 Å². The van der Waals surface area contributed by atoms with E-state index in [2.05, 4.69) is 11.6 Å². The highest BCUT2D eigenvalue weighted by atomic mass is 35.5. The normalized spacial score (nSPS) is 16.1. The second-order valence-corrected chi connectivity index (χ2v) is 2.58. The zero-order valence-corrected chi connectivity index (χ0v) is 4.95. The summed E-state index contributed by atoms with van der Waals surface area (Å²) in [4.78, 5) is -2.39. The van der Waals surface area contributed by atoms with Crippen LogP contribution in [0.15, 0.2) is 0 Å². The maximum atomic E-state index is 11.2. The largest absolute Gasteiger partial charge is 0.445 e. The maximum absolute atomic E-state index is 11.2. The van der Waals surface area contributed by atoms with Gasteiger partial charge in [-0.3, -0.25) is 0 Å². The number of rotatable bonds is 1. The van der Waals surface area contributed by atoms with Crippen molar-refractivity contribution < 1.29 is 17.6 Å². The number of alkyl halides is 5. The molecule has 6 heteroatoms. The van der Waals surface area contributed by atoms with E-state index in [4.69, 9.17) is 0 Å². The molecular weight excluding hydrogens is 168 g/mol. The molecule has 8 heavy (non-hydrogen) atoms. The van der Waals surface area contributed by atoms with Crippen molar-refractivity contribution in [2.45, 2.75) is 10.5 Å². The van der Waals surface area contributed by atoms with Crippen LogP contribution < -0.4 is 0 Å². The predicted octanol–water partition coefficient (Wildman–Crippen LogP) is 2.73. The van der Waals surface area contributed by atoms with Gasteiger partial charge in [-0.05, 0) is 0 Å². The van der Waals surface area contributed by atoms with Gasteiger partial charge in [0.15, 0.2) is 0 Å². The van der Waals surface area contributed by atoms with Crippen LogP contribution in [0, 0.1) is 0 Å². The molecule has 50 valence electrons. The molecule has 0 heterocycles. The summed E-state index contributed by atoms with van der Waals surface area (Å²) in [7, 11) is 0. The fourth-order valence-electron chi connectivity index (χ4n) is 0.101. The minimum Gasteiger partial charge on any atom is -0.217 e. The Morgan fingerprint density at radius 1 is 1.38 bits per heavy atom. The van der Waals surface area contributed by atoms with Crippen molar-refractivity contribution in [3.8, 4) is 0 Å². The number of hydrogen-bond acceptors (Lipinski definition) is 1. The third-order valence-electron chi connectivity index (χ3n) is 0.223. The van der Waals surface area contributed by atoms with E-state index in [9.17, 15) is 17.6 Å². The van der Waals surface area contributed by atoms with Gasteiger partial charge in [-0.1, -0.05) is 11.6 Å². The van der Waals surface area contributed by atoms with Gasteiger partial charge in [0.2, 0.25) is 4.96 Å². The van der Waals surface area contributed by atoms with E-state index in [0.717, 1.165) is 0 Å². The number of halogens is 5. The molecule has 0 aliphatic rings. The Balaban J connectivity index is 3.39. The van der Waals surface area contributed by atoms with Gasteiger partial charge in [0, 0.05) is 11.8 Å². The minimum absolute atomic E-state index is 0.890. The molecule has 0 aromatic heterocycles. The van der Waals surface area contributed by atoms with E-state index >= 15 is 0 Å². The molecule has 1 unspecified atom stereocenters. The predicted molar refractivity (Wildman–Crippen MR) is 24.4 cm³/mol. The molecule has 0 bridgehead atoms. The molecule has 0 aromatic rings. The molecule has 0 saturated carbocycles. The minimum atomic E-state index is -4.57. The highest BCUT2D eigenvalue weighted by molar-refractivity contribution is 8.01. The van der Waals surface area contributed by atoms with Crippen molar-refractivity contribution in [1.29, 1.82) is 0 Å². The van der Waals surface area contributed by atoms with Gasteiger partial charge in [0.25, 0.3) is 0 Å². The van der Waals surface area contributed by atoms with E-state index in [-0.39, 0.29) is 0 Å². The summed E-state index contributed by atoms with van der Waals surface area (Å²) >= 11 is 3.45. The zero-order chi connectivity index (χ0) is 6.78. The van der Waals surface area contributed by atoms with Crippen molar-refractivity contribution >= 4 is 23.4 Å². The SMILES string of the molecule is FC(Cl)SC(F)(F)F. The van der Waals surface area contributed by atoms with Crippen LogP contribution in [0.25, 0.3) is 0 Å². The maximum Gasteiger partial charge on any atom is 0.445 e. The first-order chi connectivity index (χ1) is 3.42. The molecule has 0 N–H and O–H groups in total. The third-order valence-corrected chi connectivity index (χ3v) is 0.935. The van der Waals surface area contributed by atoms with Crippen LogP contribution in [0.4, 0.5) is 17.6 Å². The average Bonchev–Trinajstić information content (AvgIpc) is 1.21. The van der Waals surface area contributed by atoms with Gasteiger partial charge in [-0.15, -0.1) is 0 Å². The summed E-state index contributed by atoms with van der Waals surface area (Å²) in [5, 5.41) is 0. The molecule has 0 rings (SSSR count). The average molecular weight is 169 g/mol. The van der Waals surface area contributed by atoms with Crippen LogP contribution in [-0.4, -0.2) is 10.5 Å². The van der Waals surface area contributed by atoms with Crippen molar-refractivity contribution in [1.82, 2.24) is 0 Å². The monoisotopic (exact) mass is 168 g/mol. The lowest BCUT2D eigenvalue weighted by molar-refractivity contribution is -0.0336. The molecule has 0 nitrogen and oxygen atoms in total. The molecule has 0 saturated heterocycles. The quantitative estimate of drug-likeness (QED) is 0.429. The Bertz CT molecular complexity index is 68.9. The lowest BCUT2D eigenvalue weighted by Crippen LogP contribution is -2.02. The fourth-order valence-corrected chi connectivity index (χ4v) is 0.606. The Morgan fingerprint density at radius 3 is 1.75 bits per heavy atom. The van der Waals surface area contributed by atoms with E-state index in [1.807, 2.05) is 0 Å². The Labute approximate surface area is 52.2 Å². The van der Waals surface area contributed by atoms with Gasteiger partial charge in [-0.25, -0.2) is 4.39 Å². The molecule has 0 aromatic carbocycles. The molecule has 0 spiro atoms. The first-order valence-electron chi connectivity index (χ1n) is 1.44. The Hall–Kier alpha value is 0.360. The van der Waals surface area contributed by atoms with Gasteiger partial charge in [0.1, 0.15) is 0 Å². The fraction of sp³-hybridized carbons (Fsp3) is 1.00. The first-order valence-corrected chi connectivity index (χ1v) is 2.76. The van der Waals surface area contributed by atoms with Crippen LogP contribution >= 0.6 is 23.4 Å². The van der Waals surface area contributed by atoms with Crippen LogP contribution in [0.2, 0.25) is 0 Å². The van der Waals surface area contributed by atoms with Gasteiger partial charge in [-0.2, -0.15) is 13.2 Å². The molecule has 0 amide bonds. The first kappa shape index (κ1) is 8.36. The molecule has 0 aliphatic heterocycles. The van der Waals surface area contributed by atoms with Gasteiger partial charge >= 0.3 is 5.51 Å². The zero-order valence-electron chi connectivity index (χ0n) is 3.38. The topological polar surface area (TPSA) is 0 Å². The van der Waals surface area contributed by atoms with Crippen molar-refractivity contribution in [3.05, 3.63) is 0 Å². The van der Waals surface area contributed by atoms with Crippen molar-refractivity contribution in [2.75, 3.05) is 0 Å². The molecule has 0 fully saturated rings. The highest BCUT2D eigenvalue weighted by Crippen LogP contribution is 2.35. The molecule has 0 aliphatic carbocycles. The van der Waals surface area contributed by atoms with E-state index in [0.29, 0.717) is 0 Å². The summed E-state index contributed by atoms with van der Waals surface area (Å²) in [6.07, 6.45) is 0. The van der Waals surface area contributed by atoms with E-state index in [1.54, 1.807) is 0 Å². The van der Waals surface area contributed by atoms with Gasteiger partial charge in [0.05, 0.1) is 0 Å². The molecular formula is C2HClF4S. The van der Waals surface area contributed by atoms with E-state index < -0.39 is 22.2 Å². The summed E-state index contributed by atoms with van der Waals surface area (Å²) in [5.74, 6) is 0. The lowest BCUT2D eigenvalue weighted by atomic mass is 11.5. The van der Waals surface area contributed by atoms with Crippen LogP contribution in [0.5, 0.6) is 0 Å². The second-order valence-electron chi connectivity index (χ2n) is 0.824. The summed E-state index contributed by atoms with van der Waals surface area (Å²) in [5.41, 5.74) is -4.57. The number of thioether (sulfide) groups is 1. The van der Waals surface area contributed by atoms with Gasteiger partial charge < -0.3 is 0 Å². The third kappa shape index (κ3) is 6.36. The highest BCUT2D eigenvalue weighted by Gasteiger charge is 2.32. The van der Waals surface area contributed by atoms with Crippen LogP contribution in [0.1, 0.15) is 0 Å². The summed E-state index contributed by atoms with van der Waals surface area (Å²) in [6, 6.07) is 0. The van der Waals surface area contributed by atoms with E-state index in [1.165, 1.54) is 0 Å². The number of hydrogen-bond donors (Lipinski definition) is 0. The van der Waals surface area contributed by atoms with Crippen LogP contribution in [0.3, 0.4) is 0 Å². The van der Waals surface area contributed by atoms with Crippen LogP contribution in [-0.2, 0) is 0 Å². The van der Waals surface area contributed by atoms with Crippen molar-refractivity contribution in [3.63, 3.8) is 0 Å². The summed E-state index contributed by atoms with van der Waals surface area (Å²) in [6.45, 7) is 0. The standard InChI is InChI=1S/C2HClF4S/c3-1(4)8-2(5,6)7/h1H. The molecule has 1 atom stereocenters. The lowest BCUT2D eigenvalue weighted by Gasteiger charge is -2.02. The Kier molecular flexibility index (Phi) is 2.90. The smallest absolute Gasteiger partial charge is 0.217 e. The molecule has 0 radical (unpaired) electrons. The summed E-state index contributed by atoms with van der Waals surface area (Å²) < 4.78 is 44.0. The Morgan fingerprint density at radius 2 is 1.75 bits per heavy atom. The second kappa shape index (κ2) is 2.77.